The van der Waals surface area contributed by atoms with E-state index >= 15 is 0 Å². The summed E-state index contributed by atoms with van der Waals surface area (Å²) in [5.74, 6) is -1.63. The van der Waals surface area contributed by atoms with E-state index in [4.69, 9.17) is 0 Å². The Morgan fingerprint density at radius 1 is 1.33 bits per heavy atom. The van der Waals surface area contributed by atoms with E-state index in [1.807, 2.05) is 0 Å². The Labute approximate surface area is 120 Å². The van der Waals surface area contributed by atoms with Crippen LogP contribution in [0.5, 0.6) is 0 Å². The quantitative estimate of drug-likeness (QED) is 0.803. The van der Waals surface area contributed by atoms with Crippen LogP contribution in [0.3, 0.4) is 0 Å². The van der Waals surface area contributed by atoms with Crippen molar-refractivity contribution in [3.8, 4) is 0 Å². The standard InChI is InChI=1S/C14H16F3NO3/c1-9(13(20)21-3)8-18(2)12(19)10-5-4-6-11(7-10)14(15,16)17/h4-7,9H,8H2,1-3H3. The van der Waals surface area contributed by atoms with Gasteiger partial charge in [-0.05, 0) is 18.2 Å². The number of benzene rings is 1. The Morgan fingerprint density at radius 3 is 2.48 bits per heavy atom. The molecular formula is C14H16F3NO3. The molecule has 1 atom stereocenters. The van der Waals surface area contributed by atoms with Crippen LogP contribution in [0.1, 0.15) is 22.8 Å². The van der Waals surface area contributed by atoms with Crippen molar-refractivity contribution >= 4 is 11.9 Å². The summed E-state index contributed by atoms with van der Waals surface area (Å²) in [5.41, 5.74) is -0.966. The van der Waals surface area contributed by atoms with Crippen LogP contribution in [-0.4, -0.2) is 37.5 Å². The van der Waals surface area contributed by atoms with Crippen LogP contribution in [0, 0.1) is 5.92 Å². The highest BCUT2D eigenvalue weighted by Gasteiger charge is 2.31. The number of carbonyl (C=O) groups is 2. The van der Waals surface area contributed by atoms with Gasteiger partial charge in [-0.2, -0.15) is 13.2 Å². The van der Waals surface area contributed by atoms with E-state index in [2.05, 4.69) is 4.74 Å². The highest BCUT2D eigenvalue weighted by Crippen LogP contribution is 2.29. The SMILES string of the molecule is COC(=O)C(C)CN(C)C(=O)c1cccc(C(F)(F)F)c1. The molecule has 0 aliphatic heterocycles. The van der Waals surface area contributed by atoms with Crippen molar-refractivity contribution in [3.05, 3.63) is 35.4 Å². The lowest BCUT2D eigenvalue weighted by molar-refractivity contribution is -0.145. The zero-order valence-electron chi connectivity index (χ0n) is 11.9. The fourth-order valence-electron chi connectivity index (χ4n) is 1.82. The second-order valence-corrected chi connectivity index (χ2v) is 4.69. The summed E-state index contributed by atoms with van der Waals surface area (Å²) in [4.78, 5) is 24.6. The molecule has 0 aromatic heterocycles. The van der Waals surface area contributed by atoms with Gasteiger partial charge in [-0.3, -0.25) is 9.59 Å². The number of ether oxygens (including phenoxy) is 1. The zero-order chi connectivity index (χ0) is 16.2. The molecule has 1 rings (SSSR count). The minimum absolute atomic E-state index is 0.0573. The van der Waals surface area contributed by atoms with E-state index in [0.717, 1.165) is 12.1 Å². The Bertz CT molecular complexity index is 528. The van der Waals surface area contributed by atoms with Crippen molar-refractivity contribution in [3.63, 3.8) is 0 Å². The monoisotopic (exact) mass is 303 g/mol. The van der Waals surface area contributed by atoms with Crippen molar-refractivity contribution in [1.29, 1.82) is 0 Å². The van der Waals surface area contributed by atoms with E-state index < -0.39 is 29.5 Å². The van der Waals surface area contributed by atoms with E-state index in [1.165, 1.54) is 31.2 Å². The Morgan fingerprint density at radius 2 is 1.95 bits per heavy atom. The molecule has 0 heterocycles. The number of hydrogen-bond acceptors (Lipinski definition) is 3. The highest BCUT2D eigenvalue weighted by molar-refractivity contribution is 5.94. The van der Waals surface area contributed by atoms with Gasteiger partial charge < -0.3 is 9.64 Å². The van der Waals surface area contributed by atoms with Crippen LogP contribution in [0.2, 0.25) is 0 Å². The largest absolute Gasteiger partial charge is 0.469 e. The summed E-state index contributed by atoms with van der Waals surface area (Å²) in [6.45, 7) is 1.63. The van der Waals surface area contributed by atoms with Crippen molar-refractivity contribution in [2.24, 2.45) is 5.92 Å². The summed E-state index contributed by atoms with van der Waals surface area (Å²) in [7, 11) is 2.65. The second-order valence-electron chi connectivity index (χ2n) is 4.69. The third kappa shape index (κ3) is 4.47. The first kappa shape index (κ1) is 17.0. The number of carbonyl (C=O) groups excluding carboxylic acids is 2. The maximum Gasteiger partial charge on any atom is 0.416 e. The molecule has 0 fully saturated rings. The highest BCUT2D eigenvalue weighted by atomic mass is 19.4. The summed E-state index contributed by atoms with van der Waals surface area (Å²) >= 11 is 0. The van der Waals surface area contributed by atoms with Crippen molar-refractivity contribution in [2.45, 2.75) is 13.1 Å². The number of methoxy groups -OCH3 is 1. The predicted octanol–water partition coefficient (Wildman–Crippen LogP) is 2.59. The maximum absolute atomic E-state index is 12.6. The molecule has 116 valence electrons. The van der Waals surface area contributed by atoms with Gasteiger partial charge in [0.25, 0.3) is 5.91 Å². The summed E-state index contributed by atoms with van der Waals surface area (Å²) in [5, 5.41) is 0. The maximum atomic E-state index is 12.6. The third-order valence-corrected chi connectivity index (χ3v) is 2.93. The van der Waals surface area contributed by atoms with Gasteiger partial charge in [0.1, 0.15) is 0 Å². The molecule has 7 heteroatoms. The lowest BCUT2D eigenvalue weighted by Gasteiger charge is -2.20. The molecule has 0 aliphatic rings. The smallest absolute Gasteiger partial charge is 0.416 e. The zero-order valence-corrected chi connectivity index (χ0v) is 11.9. The van der Waals surface area contributed by atoms with Crippen LogP contribution in [0.25, 0.3) is 0 Å². The lowest BCUT2D eigenvalue weighted by Crippen LogP contribution is -2.34. The van der Waals surface area contributed by atoms with Crippen molar-refractivity contribution < 1.29 is 27.5 Å². The molecule has 0 radical (unpaired) electrons. The first-order valence-corrected chi connectivity index (χ1v) is 6.17. The Balaban J connectivity index is 2.86. The molecule has 1 aromatic rings. The van der Waals surface area contributed by atoms with Crippen LogP contribution in [0.4, 0.5) is 13.2 Å². The predicted molar refractivity (Wildman–Crippen MR) is 69.6 cm³/mol. The van der Waals surface area contributed by atoms with E-state index in [0.29, 0.717) is 0 Å². The van der Waals surface area contributed by atoms with Gasteiger partial charge in [0, 0.05) is 19.2 Å². The van der Waals surface area contributed by atoms with E-state index in [-0.39, 0.29) is 12.1 Å². The second kappa shape index (κ2) is 6.60. The Kier molecular flexibility index (Phi) is 5.34. The topological polar surface area (TPSA) is 46.6 Å². The first-order chi connectivity index (χ1) is 9.66. The van der Waals surface area contributed by atoms with Crippen LogP contribution >= 0.6 is 0 Å². The molecule has 1 amide bonds. The molecule has 0 saturated carbocycles. The molecule has 1 unspecified atom stereocenters. The number of rotatable bonds is 4. The molecular weight excluding hydrogens is 287 g/mol. The number of amides is 1. The number of hydrogen-bond donors (Lipinski definition) is 0. The number of nitrogens with zero attached hydrogens (tertiary/aromatic N) is 1. The van der Waals surface area contributed by atoms with Gasteiger partial charge in [-0.15, -0.1) is 0 Å². The normalized spacial score (nSPS) is 12.7. The van der Waals surface area contributed by atoms with Crippen LogP contribution < -0.4 is 0 Å². The fraction of sp³-hybridized carbons (Fsp3) is 0.429. The number of halogens is 3. The molecule has 0 bridgehead atoms. The third-order valence-electron chi connectivity index (χ3n) is 2.93. The molecule has 4 nitrogen and oxygen atoms in total. The molecule has 21 heavy (non-hydrogen) atoms. The summed E-state index contributed by atoms with van der Waals surface area (Å²) in [6, 6.07) is 4.17. The summed E-state index contributed by atoms with van der Waals surface area (Å²) < 4.78 is 42.4. The van der Waals surface area contributed by atoms with Crippen LogP contribution in [0.15, 0.2) is 24.3 Å². The van der Waals surface area contributed by atoms with E-state index in [1.54, 1.807) is 6.92 Å². The molecule has 0 aliphatic carbocycles. The molecule has 0 spiro atoms. The van der Waals surface area contributed by atoms with Gasteiger partial charge in [0.2, 0.25) is 0 Å². The molecule has 0 N–H and O–H groups in total. The van der Waals surface area contributed by atoms with E-state index in [9.17, 15) is 22.8 Å². The van der Waals surface area contributed by atoms with Crippen LogP contribution in [-0.2, 0) is 15.7 Å². The number of alkyl halides is 3. The Hall–Kier alpha value is -2.05. The van der Waals surface area contributed by atoms with Gasteiger partial charge in [-0.25, -0.2) is 0 Å². The minimum Gasteiger partial charge on any atom is -0.469 e. The fourth-order valence-corrected chi connectivity index (χ4v) is 1.82. The van der Waals surface area contributed by atoms with Crippen molar-refractivity contribution in [1.82, 2.24) is 4.90 Å². The summed E-state index contributed by atoms with van der Waals surface area (Å²) in [6.07, 6.45) is -4.51. The average molecular weight is 303 g/mol. The van der Waals surface area contributed by atoms with Gasteiger partial charge >= 0.3 is 12.1 Å². The lowest BCUT2D eigenvalue weighted by atomic mass is 10.1. The van der Waals surface area contributed by atoms with Gasteiger partial charge in [0.15, 0.2) is 0 Å². The average Bonchev–Trinajstić information content (AvgIpc) is 2.44. The minimum atomic E-state index is -4.51. The van der Waals surface area contributed by atoms with Gasteiger partial charge in [-0.1, -0.05) is 13.0 Å². The van der Waals surface area contributed by atoms with Gasteiger partial charge in [0.05, 0.1) is 18.6 Å². The van der Waals surface area contributed by atoms with Crippen molar-refractivity contribution in [2.75, 3.05) is 20.7 Å². The first-order valence-electron chi connectivity index (χ1n) is 6.17. The number of esters is 1. The molecule has 0 saturated heterocycles. The molecule has 1 aromatic carbocycles.